The van der Waals surface area contributed by atoms with Gasteiger partial charge in [0.25, 0.3) is 0 Å². The predicted octanol–water partition coefficient (Wildman–Crippen LogP) is 1.03. The first kappa shape index (κ1) is 12.5. The number of hydrogen-bond acceptors (Lipinski definition) is 4. The number of hydrogen-bond donors (Lipinski definition) is 1. The average molecular weight is 237 g/mol. The minimum Gasteiger partial charge on any atom is -0.329 e. The minimum absolute atomic E-state index is 0.365. The number of nitrogens with two attached hydrogens (primary N) is 1. The molecule has 0 saturated carbocycles. The van der Waals surface area contributed by atoms with E-state index in [9.17, 15) is 0 Å². The topological polar surface area (TPSA) is 60.0 Å². The van der Waals surface area contributed by atoms with Crippen LogP contribution in [0.3, 0.4) is 0 Å². The van der Waals surface area contributed by atoms with Crippen LogP contribution in [0, 0.1) is 5.92 Å². The van der Waals surface area contributed by atoms with E-state index in [-0.39, 0.29) is 0 Å². The molecule has 5 nitrogen and oxygen atoms in total. The molecule has 96 valence electrons. The van der Waals surface area contributed by atoms with Crippen molar-refractivity contribution in [2.75, 3.05) is 13.1 Å². The molecule has 1 saturated heterocycles. The molecule has 0 aromatic carbocycles. The smallest absolute Gasteiger partial charge is 0.141 e. The van der Waals surface area contributed by atoms with Gasteiger partial charge in [0, 0.05) is 18.6 Å². The molecule has 1 aliphatic rings. The lowest BCUT2D eigenvalue weighted by Gasteiger charge is -2.25. The third kappa shape index (κ3) is 2.50. The Kier molecular flexibility index (Phi) is 3.79. The van der Waals surface area contributed by atoms with Crippen LogP contribution in [-0.4, -0.2) is 38.8 Å². The standard InChI is InChI=1S/C12H23N5/c1-9(2)17-12(14-8-15-17)7-16-5-4-10(3)11(16)6-13/h8-11H,4-7,13H2,1-3H3. The molecule has 0 bridgehead atoms. The van der Waals surface area contributed by atoms with Crippen LogP contribution in [0.1, 0.15) is 39.1 Å². The van der Waals surface area contributed by atoms with Crippen molar-refractivity contribution in [2.45, 2.75) is 45.8 Å². The van der Waals surface area contributed by atoms with Crippen molar-refractivity contribution in [1.82, 2.24) is 19.7 Å². The van der Waals surface area contributed by atoms with E-state index in [1.165, 1.54) is 6.42 Å². The van der Waals surface area contributed by atoms with Gasteiger partial charge in [-0.05, 0) is 32.7 Å². The van der Waals surface area contributed by atoms with Gasteiger partial charge < -0.3 is 5.73 Å². The highest BCUT2D eigenvalue weighted by atomic mass is 15.4. The largest absolute Gasteiger partial charge is 0.329 e. The van der Waals surface area contributed by atoms with Gasteiger partial charge >= 0.3 is 0 Å². The van der Waals surface area contributed by atoms with Crippen LogP contribution in [0.25, 0.3) is 0 Å². The molecule has 1 fully saturated rings. The Morgan fingerprint density at radius 1 is 1.53 bits per heavy atom. The van der Waals surface area contributed by atoms with E-state index in [0.717, 1.165) is 25.5 Å². The fraction of sp³-hybridized carbons (Fsp3) is 0.833. The number of nitrogens with zero attached hydrogens (tertiary/aromatic N) is 4. The Labute approximate surface area is 103 Å². The zero-order chi connectivity index (χ0) is 12.4. The highest BCUT2D eigenvalue weighted by Gasteiger charge is 2.30. The van der Waals surface area contributed by atoms with Gasteiger partial charge in [0.2, 0.25) is 0 Å². The second-order valence-corrected chi connectivity index (χ2v) is 5.25. The first-order valence-corrected chi connectivity index (χ1v) is 6.46. The molecule has 0 aliphatic carbocycles. The Morgan fingerprint density at radius 2 is 2.29 bits per heavy atom. The molecule has 0 amide bonds. The van der Waals surface area contributed by atoms with Crippen LogP contribution in [0.15, 0.2) is 6.33 Å². The van der Waals surface area contributed by atoms with Crippen LogP contribution >= 0.6 is 0 Å². The summed E-state index contributed by atoms with van der Waals surface area (Å²) in [6.07, 6.45) is 2.88. The third-order valence-electron chi connectivity index (χ3n) is 3.72. The summed E-state index contributed by atoms with van der Waals surface area (Å²) < 4.78 is 2.00. The predicted molar refractivity (Wildman–Crippen MR) is 67.4 cm³/mol. The van der Waals surface area contributed by atoms with Crippen LogP contribution < -0.4 is 5.73 Å². The van der Waals surface area contributed by atoms with Crippen molar-refractivity contribution in [3.05, 3.63) is 12.2 Å². The van der Waals surface area contributed by atoms with Crippen molar-refractivity contribution < 1.29 is 0 Å². The summed E-state index contributed by atoms with van der Waals surface area (Å²) in [5, 5.41) is 4.28. The molecule has 2 rings (SSSR count). The number of aromatic nitrogens is 3. The SMILES string of the molecule is CC1CCN(Cc2ncnn2C(C)C)C1CN. The maximum atomic E-state index is 5.86. The normalized spacial score (nSPS) is 25.9. The first-order chi connectivity index (χ1) is 8.13. The summed E-state index contributed by atoms with van der Waals surface area (Å²) in [7, 11) is 0. The van der Waals surface area contributed by atoms with Gasteiger partial charge in [-0.2, -0.15) is 5.10 Å². The fourth-order valence-electron chi connectivity index (χ4n) is 2.67. The van der Waals surface area contributed by atoms with Crippen LogP contribution in [0.4, 0.5) is 0 Å². The summed E-state index contributed by atoms with van der Waals surface area (Å²) in [4.78, 5) is 6.80. The van der Waals surface area contributed by atoms with Crippen molar-refractivity contribution in [1.29, 1.82) is 0 Å². The average Bonchev–Trinajstić information content (AvgIpc) is 2.86. The van der Waals surface area contributed by atoms with Crippen molar-refractivity contribution in [3.63, 3.8) is 0 Å². The zero-order valence-corrected chi connectivity index (χ0v) is 11.0. The highest BCUT2D eigenvalue weighted by Crippen LogP contribution is 2.24. The van der Waals surface area contributed by atoms with Gasteiger partial charge in [0.1, 0.15) is 12.2 Å². The summed E-state index contributed by atoms with van der Waals surface area (Å²) >= 11 is 0. The van der Waals surface area contributed by atoms with Crippen molar-refractivity contribution in [3.8, 4) is 0 Å². The van der Waals surface area contributed by atoms with E-state index in [2.05, 4.69) is 35.8 Å². The molecule has 1 aliphatic heterocycles. The summed E-state index contributed by atoms with van der Waals surface area (Å²) in [5.41, 5.74) is 5.86. The summed E-state index contributed by atoms with van der Waals surface area (Å²) in [5.74, 6) is 1.74. The van der Waals surface area contributed by atoms with Gasteiger partial charge in [-0.1, -0.05) is 6.92 Å². The molecular weight excluding hydrogens is 214 g/mol. The van der Waals surface area contributed by atoms with E-state index in [1.807, 2.05) is 4.68 Å². The molecule has 2 heterocycles. The van der Waals surface area contributed by atoms with Gasteiger partial charge in [0.15, 0.2) is 0 Å². The van der Waals surface area contributed by atoms with Gasteiger partial charge in [-0.15, -0.1) is 0 Å². The van der Waals surface area contributed by atoms with Crippen LogP contribution in [-0.2, 0) is 6.54 Å². The maximum Gasteiger partial charge on any atom is 0.141 e. The lowest BCUT2D eigenvalue weighted by molar-refractivity contribution is 0.217. The Balaban J connectivity index is 2.08. The van der Waals surface area contributed by atoms with Gasteiger partial charge in [-0.25, -0.2) is 9.67 Å². The monoisotopic (exact) mass is 237 g/mol. The second kappa shape index (κ2) is 5.14. The molecule has 0 spiro atoms. The first-order valence-electron chi connectivity index (χ1n) is 6.46. The molecule has 5 heteroatoms. The summed E-state index contributed by atoms with van der Waals surface area (Å²) in [6.45, 7) is 9.26. The fourth-order valence-corrected chi connectivity index (χ4v) is 2.67. The number of rotatable bonds is 4. The molecular formula is C12H23N5. The van der Waals surface area contributed by atoms with E-state index in [1.54, 1.807) is 6.33 Å². The van der Waals surface area contributed by atoms with Gasteiger partial charge in [0.05, 0.1) is 6.54 Å². The Hall–Kier alpha value is -0.940. The van der Waals surface area contributed by atoms with Crippen molar-refractivity contribution in [2.24, 2.45) is 11.7 Å². The van der Waals surface area contributed by atoms with Crippen molar-refractivity contribution >= 4 is 0 Å². The second-order valence-electron chi connectivity index (χ2n) is 5.25. The zero-order valence-electron chi connectivity index (χ0n) is 11.0. The Morgan fingerprint density at radius 3 is 2.94 bits per heavy atom. The number of likely N-dealkylation sites (tertiary alicyclic amines) is 1. The van der Waals surface area contributed by atoms with E-state index in [4.69, 9.17) is 5.73 Å². The van der Waals surface area contributed by atoms with E-state index >= 15 is 0 Å². The molecule has 17 heavy (non-hydrogen) atoms. The molecule has 2 unspecified atom stereocenters. The Bertz CT molecular complexity index is 360. The molecule has 2 N–H and O–H groups in total. The maximum absolute atomic E-state index is 5.86. The quantitative estimate of drug-likeness (QED) is 0.849. The lowest BCUT2D eigenvalue weighted by atomic mass is 10.0. The molecule has 1 aromatic heterocycles. The molecule has 0 radical (unpaired) electrons. The van der Waals surface area contributed by atoms with E-state index < -0.39 is 0 Å². The minimum atomic E-state index is 0.365. The highest BCUT2D eigenvalue weighted by molar-refractivity contribution is 4.92. The van der Waals surface area contributed by atoms with Crippen LogP contribution in [0.2, 0.25) is 0 Å². The third-order valence-corrected chi connectivity index (χ3v) is 3.72. The van der Waals surface area contributed by atoms with E-state index in [0.29, 0.717) is 18.0 Å². The lowest BCUT2D eigenvalue weighted by Crippen LogP contribution is -2.38. The van der Waals surface area contributed by atoms with Crippen LogP contribution in [0.5, 0.6) is 0 Å². The van der Waals surface area contributed by atoms with Gasteiger partial charge in [-0.3, -0.25) is 4.90 Å². The molecule has 1 aromatic rings. The summed E-state index contributed by atoms with van der Waals surface area (Å²) in [6, 6.07) is 0.858. The molecule has 2 atom stereocenters.